The number of nitrogens with zero attached hydrogens (tertiary/aromatic N) is 1. The van der Waals surface area contributed by atoms with Gasteiger partial charge in [-0.1, -0.05) is 13.3 Å². The summed E-state index contributed by atoms with van der Waals surface area (Å²) in [6.07, 6.45) is 4.10. The fourth-order valence-corrected chi connectivity index (χ4v) is 4.87. The van der Waals surface area contributed by atoms with Gasteiger partial charge in [0.2, 0.25) is 0 Å². The van der Waals surface area contributed by atoms with Crippen LogP contribution in [0.5, 0.6) is 0 Å². The second-order valence-electron chi connectivity index (χ2n) is 4.98. The monoisotopic (exact) mass is 247 g/mol. The van der Waals surface area contributed by atoms with Crippen LogP contribution in [0.15, 0.2) is 0 Å². The van der Waals surface area contributed by atoms with E-state index >= 15 is 0 Å². The fourth-order valence-electron chi connectivity index (χ4n) is 2.86. The standard InChI is InChI=1S/C10H18NO4P/c1-3-4-7-11-8-5-6-9(2)10(11)14-16(12,13-9)15-10/h3-8H2,1-2H3. The molecule has 0 amide bonds. The Morgan fingerprint density at radius 2 is 2.12 bits per heavy atom. The summed E-state index contributed by atoms with van der Waals surface area (Å²) in [5.74, 6) is -0.851. The Balaban J connectivity index is 1.85. The third-order valence-electron chi connectivity index (χ3n) is 3.73. The van der Waals surface area contributed by atoms with Gasteiger partial charge in [-0.2, -0.15) is 0 Å². The average molecular weight is 247 g/mol. The van der Waals surface area contributed by atoms with Gasteiger partial charge >= 0.3 is 7.82 Å². The van der Waals surface area contributed by atoms with Crippen molar-refractivity contribution in [3.05, 3.63) is 0 Å². The summed E-state index contributed by atoms with van der Waals surface area (Å²) >= 11 is 0. The highest BCUT2D eigenvalue weighted by molar-refractivity contribution is 7.50. The van der Waals surface area contributed by atoms with Crippen molar-refractivity contribution in [3.8, 4) is 0 Å². The smallest absolute Gasteiger partial charge is 0.273 e. The van der Waals surface area contributed by atoms with Crippen LogP contribution in [0.3, 0.4) is 0 Å². The van der Waals surface area contributed by atoms with E-state index in [9.17, 15) is 4.57 Å². The van der Waals surface area contributed by atoms with Gasteiger partial charge in [0.1, 0.15) is 5.60 Å². The van der Waals surface area contributed by atoms with Crippen molar-refractivity contribution in [3.63, 3.8) is 0 Å². The van der Waals surface area contributed by atoms with Gasteiger partial charge in [-0.25, -0.2) is 18.5 Å². The number of phosphoric acid groups is 1. The van der Waals surface area contributed by atoms with E-state index in [1.165, 1.54) is 0 Å². The highest BCUT2D eigenvalue weighted by atomic mass is 31.2. The van der Waals surface area contributed by atoms with E-state index in [4.69, 9.17) is 13.6 Å². The predicted molar refractivity (Wildman–Crippen MR) is 57.7 cm³/mol. The number of hydrogen-bond acceptors (Lipinski definition) is 5. The second-order valence-corrected chi connectivity index (χ2v) is 6.42. The molecular weight excluding hydrogens is 229 g/mol. The first-order valence-electron chi connectivity index (χ1n) is 6.01. The first-order valence-corrected chi connectivity index (χ1v) is 7.47. The molecule has 0 radical (unpaired) electrons. The van der Waals surface area contributed by atoms with Gasteiger partial charge in [0.15, 0.2) is 0 Å². The topological polar surface area (TPSA) is 48.0 Å². The zero-order valence-corrected chi connectivity index (χ0v) is 10.7. The molecule has 0 N–H and O–H groups in total. The summed E-state index contributed by atoms with van der Waals surface area (Å²) in [7, 11) is -3.19. The van der Waals surface area contributed by atoms with E-state index in [0.717, 1.165) is 38.8 Å². The largest absolute Gasteiger partial charge is 0.483 e. The molecule has 4 rings (SSSR count). The highest BCUT2D eigenvalue weighted by Crippen LogP contribution is 2.79. The van der Waals surface area contributed by atoms with E-state index in [2.05, 4.69) is 11.8 Å². The Morgan fingerprint density at radius 3 is 2.81 bits per heavy atom. The van der Waals surface area contributed by atoms with E-state index in [1.54, 1.807) is 0 Å². The number of piperidine rings is 1. The summed E-state index contributed by atoms with van der Waals surface area (Å²) < 4.78 is 28.2. The minimum Gasteiger partial charge on any atom is -0.273 e. The Hall–Kier alpha value is 0.0700. The van der Waals surface area contributed by atoms with Crippen molar-refractivity contribution in [2.24, 2.45) is 0 Å². The molecule has 1 unspecified atom stereocenters. The van der Waals surface area contributed by atoms with Crippen LogP contribution in [0, 0.1) is 0 Å². The Kier molecular flexibility index (Phi) is 2.30. The number of rotatable bonds is 3. The molecule has 92 valence electrons. The molecule has 4 aliphatic heterocycles. The minimum atomic E-state index is -3.19. The molecule has 4 aliphatic rings. The molecule has 1 atom stereocenters. The Morgan fingerprint density at radius 1 is 1.38 bits per heavy atom. The zero-order chi connectivity index (χ0) is 11.4. The molecule has 0 aromatic heterocycles. The van der Waals surface area contributed by atoms with Crippen LogP contribution in [-0.4, -0.2) is 29.5 Å². The lowest BCUT2D eigenvalue weighted by Gasteiger charge is -2.50. The zero-order valence-electron chi connectivity index (χ0n) is 9.77. The average Bonchev–Trinajstić information content (AvgIpc) is 2.55. The van der Waals surface area contributed by atoms with Crippen molar-refractivity contribution in [1.29, 1.82) is 0 Å². The molecule has 0 aromatic carbocycles. The molecule has 5 nitrogen and oxygen atoms in total. The molecule has 1 spiro atoms. The lowest BCUT2D eigenvalue weighted by atomic mass is 9.90. The maximum atomic E-state index is 11.8. The highest BCUT2D eigenvalue weighted by Gasteiger charge is 2.80. The third-order valence-corrected chi connectivity index (χ3v) is 5.30. The molecule has 2 bridgehead atoms. The number of unbranched alkanes of at least 4 members (excludes halogenated alkanes) is 1. The fraction of sp³-hybridized carbons (Fsp3) is 1.00. The summed E-state index contributed by atoms with van der Waals surface area (Å²) in [6.45, 7) is 5.94. The maximum absolute atomic E-state index is 11.8. The molecule has 16 heavy (non-hydrogen) atoms. The van der Waals surface area contributed by atoms with Crippen LogP contribution in [0.1, 0.15) is 39.5 Å². The molecule has 0 saturated carbocycles. The SMILES string of the molecule is CCCCN1CCCC2(C)OP3(=O)OC12O3. The summed E-state index contributed by atoms with van der Waals surface area (Å²) in [5.41, 5.74) is -0.547. The third kappa shape index (κ3) is 1.24. The quantitative estimate of drug-likeness (QED) is 0.717. The van der Waals surface area contributed by atoms with Crippen LogP contribution in [0.4, 0.5) is 0 Å². The number of hydrogen-bond donors (Lipinski definition) is 0. The second kappa shape index (κ2) is 3.30. The number of phosphoric ester groups is 1. The van der Waals surface area contributed by atoms with E-state index in [0.29, 0.717) is 0 Å². The van der Waals surface area contributed by atoms with Crippen LogP contribution in [-0.2, 0) is 18.1 Å². The van der Waals surface area contributed by atoms with Crippen LogP contribution in [0.2, 0.25) is 0 Å². The van der Waals surface area contributed by atoms with Crippen molar-refractivity contribution in [2.45, 2.75) is 51.0 Å². The van der Waals surface area contributed by atoms with Crippen molar-refractivity contribution in [2.75, 3.05) is 13.1 Å². The first-order chi connectivity index (χ1) is 7.54. The number of likely N-dealkylation sites (tertiary alicyclic amines) is 1. The Labute approximate surface area is 95.7 Å². The summed E-state index contributed by atoms with van der Waals surface area (Å²) in [6, 6.07) is 0. The van der Waals surface area contributed by atoms with Gasteiger partial charge in [0, 0.05) is 13.1 Å². The predicted octanol–water partition coefficient (Wildman–Crippen LogP) is 2.48. The van der Waals surface area contributed by atoms with Crippen LogP contribution < -0.4 is 0 Å². The summed E-state index contributed by atoms with van der Waals surface area (Å²) in [4.78, 5) is 2.14. The van der Waals surface area contributed by atoms with E-state index in [1.807, 2.05) is 6.92 Å². The lowest BCUT2D eigenvalue weighted by Crippen LogP contribution is -2.66. The molecule has 0 aromatic rings. The van der Waals surface area contributed by atoms with Crippen LogP contribution >= 0.6 is 7.82 Å². The molecular formula is C10H18NO4P. The van der Waals surface area contributed by atoms with Gasteiger partial charge in [-0.3, -0.25) is 4.52 Å². The summed E-state index contributed by atoms with van der Waals surface area (Å²) in [5, 5.41) is 0. The van der Waals surface area contributed by atoms with Gasteiger partial charge in [-0.15, -0.1) is 0 Å². The molecule has 6 heteroatoms. The minimum absolute atomic E-state index is 0.547. The molecule has 4 saturated heterocycles. The molecule has 0 aliphatic carbocycles. The van der Waals surface area contributed by atoms with Gasteiger partial charge in [0.25, 0.3) is 5.91 Å². The van der Waals surface area contributed by atoms with E-state index < -0.39 is 19.3 Å². The molecule has 4 fully saturated rings. The molecule has 4 heterocycles. The lowest BCUT2D eigenvalue weighted by molar-refractivity contribution is -0.314. The van der Waals surface area contributed by atoms with E-state index in [-0.39, 0.29) is 0 Å². The van der Waals surface area contributed by atoms with Crippen LogP contribution in [0.25, 0.3) is 0 Å². The van der Waals surface area contributed by atoms with Crippen molar-refractivity contribution < 1.29 is 18.1 Å². The van der Waals surface area contributed by atoms with Gasteiger partial charge in [0.05, 0.1) is 0 Å². The first kappa shape index (κ1) is 11.2. The van der Waals surface area contributed by atoms with Gasteiger partial charge in [-0.05, 0) is 26.2 Å². The van der Waals surface area contributed by atoms with Crippen molar-refractivity contribution in [1.82, 2.24) is 4.90 Å². The Bertz CT molecular complexity index is 351. The van der Waals surface area contributed by atoms with Gasteiger partial charge < -0.3 is 0 Å². The van der Waals surface area contributed by atoms with Crippen molar-refractivity contribution >= 4 is 7.82 Å². The maximum Gasteiger partial charge on any atom is 0.483 e. The normalized spacial score (nSPS) is 51.1.